The molecule has 6 heteroatoms. The van der Waals surface area contributed by atoms with Gasteiger partial charge in [0, 0.05) is 17.8 Å². The molecule has 1 atom stereocenters. The molecule has 3 heterocycles. The lowest BCUT2D eigenvalue weighted by molar-refractivity contribution is 0.1000. The first-order chi connectivity index (χ1) is 12.7. The van der Waals surface area contributed by atoms with E-state index >= 15 is 0 Å². The molecule has 0 aliphatic carbocycles. The minimum absolute atomic E-state index is 0.185. The first kappa shape index (κ1) is 17.9. The zero-order valence-corrected chi connectivity index (χ0v) is 15.9. The third kappa shape index (κ3) is 4.08. The van der Waals surface area contributed by atoms with Crippen LogP contribution in [0.1, 0.15) is 36.0 Å². The number of carbonyl (C=O) groups is 1. The third-order valence-corrected chi connectivity index (χ3v) is 6.81. The van der Waals surface area contributed by atoms with Crippen LogP contribution in [0.2, 0.25) is 0 Å². The number of likely N-dealkylation sites (tertiary alicyclic amines) is 1. The molecular weight excluding hydrogens is 344 g/mol. The molecule has 0 spiro atoms. The van der Waals surface area contributed by atoms with Crippen molar-refractivity contribution in [2.45, 2.75) is 37.0 Å². The lowest BCUT2D eigenvalue weighted by atomic mass is 10.1. The van der Waals surface area contributed by atoms with Crippen molar-refractivity contribution >= 4 is 30.1 Å². The van der Waals surface area contributed by atoms with Gasteiger partial charge in [0.15, 0.2) is 0 Å². The summed E-state index contributed by atoms with van der Waals surface area (Å²) in [6.45, 7) is 8.70. The molecule has 138 valence electrons. The Morgan fingerprint density at radius 3 is 2.85 bits per heavy atom. The van der Waals surface area contributed by atoms with Crippen LogP contribution in [-0.4, -0.2) is 59.9 Å². The van der Waals surface area contributed by atoms with Gasteiger partial charge in [-0.15, -0.1) is 0 Å². The van der Waals surface area contributed by atoms with Gasteiger partial charge in [-0.05, 0) is 56.6 Å². The number of hydrogen-bond donors (Lipinski definition) is 1. The van der Waals surface area contributed by atoms with Crippen molar-refractivity contribution in [3.63, 3.8) is 0 Å². The normalized spacial score (nSPS) is 24.2. The van der Waals surface area contributed by atoms with Crippen LogP contribution >= 0.6 is 11.8 Å². The fourth-order valence-corrected chi connectivity index (χ4v) is 5.03. The quantitative estimate of drug-likeness (QED) is 0.847. The Hall–Kier alpha value is -1.50. The summed E-state index contributed by atoms with van der Waals surface area (Å²) in [6, 6.07) is 6.19. The largest absolute Gasteiger partial charge is 0.313 e. The lowest BCUT2D eigenvalue weighted by Gasteiger charge is -2.33. The second-order valence-corrected chi connectivity index (χ2v) is 8.65. The van der Waals surface area contributed by atoms with Gasteiger partial charge in [0.1, 0.15) is 5.84 Å². The number of thioether (sulfide) groups is 1. The maximum atomic E-state index is 12.2. The first-order valence-electron chi connectivity index (χ1n) is 9.55. The van der Waals surface area contributed by atoms with Gasteiger partial charge in [-0.25, -0.2) is 4.99 Å². The maximum Gasteiger partial charge on any atom is 0.280 e. The van der Waals surface area contributed by atoms with Crippen LogP contribution in [0.3, 0.4) is 0 Å². The smallest absolute Gasteiger partial charge is 0.280 e. The van der Waals surface area contributed by atoms with E-state index < -0.39 is 0 Å². The van der Waals surface area contributed by atoms with E-state index in [-0.39, 0.29) is 5.91 Å². The number of rotatable bonds is 5. The van der Waals surface area contributed by atoms with E-state index in [1.54, 1.807) is 6.07 Å². The average Bonchev–Trinajstić information content (AvgIpc) is 3.15. The molecule has 0 radical (unpaired) electrons. The fourth-order valence-electron chi connectivity index (χ4n) is 3.97. The van der Waals surface area contributed by atoms with Crippen molar-refractivity contribution < 1.29 is 4.79 Å². The topological polar surface area (TPSA) is 57.1 Å². The second kappa shape index (κ2) is 8.03. The number of fused-ring (bicyclic) bond motifs is 1. The van der Waals surface area contributed by atoms with Gasteiger partial charge in [-0.3, -0.25) is 4.79 Å². The van der Waals surface area contributed by atoms with Crippen molar-refractivity contribution in [1.29, 1.82) is 0 Å². The molecule has 3 aliphatic heterocycles. The van der Waals surface area contributed by atoms with E-state index in [1.807, 2.05) is 23.9 Å². The molecular formula is C20H26N4OS. The van der Waals surface area contributed by atoms with Crippen LogP contribution in [0.25, 0.3) is 6.58 Å². The number of amides is 1. The molecule has 0 aromatic heterocycles. The molecule has 1 N–H and O–H groups in total. The summed E-state index contributed by atoms with van der Waals surface area (Å²) in [6.07, 6.45) is 5.05. The predicted octanol–water partition coefficient (Wildman–Crippen LogP) is 1.22. The number of carbonyl (C=O) groups excluding carboxylic acids is 1. The van der Waals surface area contributed by atoms with Crippen molar-refractivity contribution in [3.05, 3.63) is 34.3 Å². The SMILES string of the molecule is C=c1cccc2c1=NC(CSC1CCN(C[C@@H]3CCCN3)CC1)=NC2=O. The van der Waals surface area contributed by atoms with E-state index in [0.717, 1.165) is 5.22 Å². The van der Waals surface area contributed by atoms with Crippen LogP contribution in [0.15, 0.2) is 28.2 Å². The van der Waals surface area contributed by atoms with E-state index in [1.165, 1.54) is 51.9 Å². The molecule has 0 unspecified atom stereocenters. The molecule has 1 aromatic rings. The summed E-state index contributed by atoms with van der Waals surface area (Å²) in [5.74, 6) is 1.16. The zero-order chi connectivity index (χ0) is 17.9. The second-order valence-electron chi connectivity index (χ2n) is 7.36. The molecule has 5 nitrogen and oxygen atoms in total. The Morgan fingerprint density at radius 2 is 2.08 bits per heavy atom. The van der Waals surface area contributed by atoms with E-state index in [9.17, 15) is 4.79 Å². The average molecular weight is 371 g/mol. The number of para-hydroxylation sites is 1. The van der Waals surface area contributed by atoms with Gasteiger partial charge in [0.25, 0.3) is 5.91 Å². The Balaban J connectivity index is 1.30. The molecule has 4 rings (SSSR count). The summed E-state index contributed by atoms with van der Waals surface area (Å²) < 4.78 is 0. The van der Waals surface area contributed by atoms with Crippen molar-refractivity contribution in [1.82, 2.24) is 10.2 Å². The van der Waals surface area contributed by atoms with Gasteiger partial charge in [0.2, 0.25) is 0 Å². The van der Waals surface area contributed by atoms with Crippen molar-refractivity contribution in [3.8, 4) is 0 Å². The van der Waals surface area contributed by atoms with Crippen LogP contribution in [0, 0.1) is 0 Å². The summed E-state index contributed by atoms with van der Waals surface area (Å²) >= 11 is 1.89. The number of piperidine rings is 1. The molecule has 0 bridgehead atoms. The molecule has 26 heavy (non-hydrogen) atoms. The number of nitrogens with zero attached hydrogens (tertiary/aromatic N) is 3. The van der Waals surface area contributed by atoms with Gasteiger partial charge in [0.05, 0.1) is 16.7 Å². The van der Waals surface area contributed by atoms with Crippen LogP contribution in [-0.2, 0) is 0 Å². The zero-order valence-electron chi connectivity index (χ0n) is 15.1. The van der Waals surface area contributed by atoms with Crippen LogP contribution in [0.5, 0.6) is 0 Å². The molecule has 2 saturated heterocycles. The Labute approximate surface area is 158 Å². The Kier molecular flexibility index (Phi) is 5.52. The highest BCUT2D eigenvalue weighted by Crippen LogP contribution is 2.24. The molecule has 1 aromatic carbocycles. The number of hydrogen-bond acceptors (Lipinski definition) is 5. The first-order valence-corrected chi connectivity index (χ1v) is 10.6. The van der Waals surface area contributed by atoms with Crippen LogP contribution < -0.4 is 15.9 Å². The standard InChI is InChI=1S/C20H26N4OS/c1-14-4-2-6-17-19(14)22-18(23-20(17)25)13-26-16-7-10-24(11-8-16)12-15-5-3-9-21-15/h2,4,6,15-16,21H,1,3,5,7-13H2/t15-/m0/s1. The monoisotopic (exact) mass is 370 g/mol. The maximum absolute atomic E-state index is 12.2. The summed E-state index contributed by atoms with van der Waals surface area (Å²) in [7, 11) is 0. The van der Waals surface area contributed by atoms with E-state index in [0.29, 0.717) is 33.8 Å². The lowest BCUT2D eigenvalue weighted by Crippen LogP contribution is -2.42. The Morgan fingerprint density at radius 1 is 1.23 bits per heavy atom. The van der Waals surface area contributed by atoms with Crippen LogP contribution in [0.4, 0.5) is 0 Å². The molecule has 3 aliphatic rings. The van der Waals surface area contributed by atoms with Crippen molar-refractivity contribution in [2.75, 3.05) is 31.9 Å². The highest BCUT2D eigenvalue weighted by atomic mass is 32.2. The highest BCUT2D eigenvalue weighted by Gasteiger charge is 2.24. The van der Waals surface area contributed by atoms with Gasteiger partial charge in [-0.1, -0.05) is 18.7 Å². The van der Waals surface area contributed by atoms with Crippen molar-refractivity contribution in [2.24, 2.45) is 9.98 Å². The number of benzene rings is 1. The van der Waals surface area contributed by atoms with E-state index in [2.05, 4.69) is 26.8 Å². The highest BCUT2D eigenvalue weighted by molar-refractivity contribution is 8.00. The number of amidine groups is 1. The van der Waals surface area contributed by atoms with Gasteiger partial charge in [-0.2, -0.15) is 16.8 Å². The minimum atomic E-state index is -0.185. The Bertz CT molecular complexity index is 808. The van der Waals surface area contributed by atoms with Gasteiger partial charge >= 0.3 is 0 Å². The molecule has 1 amide bonds. The molecule has 2 fully saturated rings. The minimum Gasteiger partial charge on any atom is -0.313 e. The fraction of sp³-hybridized carbons (Fsp3) is 0.550. The number of nitrogens with one attached hydrogen (secondary N) is 1. The summed E-state index contributed by atoms with van der Waals surface area (Å²) in [5.41, 5.74) is 0.570. The van der Waals surface area contributed by atoms with Gasteiger partial charge < -0.3 is 10.2 Å². The summed E-state index contributed by atoms with van der Waals surface area (Å²) in [4.78, 5) is 23.6. The summed E-state index contributed by atoms with van der Waals surface area (Å²) in [5, 5.41) is 5.71. The van der Waals surface area contributed by atoms with E-state index in [4.69, 9.17) is 0 Å². The predicted molar refractivity (Wildman–Crippen MR) is 107 cm³/mol. The molecule has 0 saturated carbocycles. The third-order valence-electron chi connectivity index (χ3n) is 5.45. The number of aliphatic imine (C=N–C) groups is 1.